The second-order valence-corrected chi connectivity index (χ2v) is 5.55. The average molecular weight is 303 g/mol. The Morgan fingerprint density at radius 3 is 3.00 bits per heavy atom. The molecule has 2 N–H and O–H groups in total. The summed E-state index contributed by atoms with van der Waals surface area (Å²) in [6.45, 7) is 2.43. The smallest absolute Gasteiger partial charge is 0.276 e. The van der Waals surface area contributed by atoms with Gasteiger partial charge >= 0.3 is 0 Å². The Balaban J connectivity index is 1.70. The molecule has 0 unspecified atom stereocenters. The molecule has 1 aliphatic rings. The molecule has 0 saturated carbocycles. The van der Waals surface area contributed by atoms with E-state index in [1.165, 1.54) is 17.2 Å². The van der Waals surface area contributed by atoms with E-state index in [4.69, 9.17) is 4.52 Å². The van der Waals surface area contributed by atoms with Crippen LogP contribution < -0.4 is 0 Å². The Kier molecular flexibility index (Phi) is 3.81. The monoisotopic (exact) mass is 303 g/mol. The zero-order valence-corrected chi connectivity index (χ0v) is 12.1. The SMILES string of the molecule is Cc1cc(C[C@@H]2CN(C(=O)c3ncccc3O)C[C@H]2O)on1. The molecule has 1 saturated heterocycles. The van der Waals surface area contributed by atoms with Crippen molar-refractivity contribution < 1.29 is 19.5 Å². The average Bonchev–Trinajstić information content (AvgIpc) is 3.06. The van der Waals surface area contributed by atoms with Gasteiger partial charge in [0.05, 0.1) is 11.8 Å². The molecule has 22 heavy (non-hydrogen) atoms. The van der Waals surface area contributed by atoms with Gasteiger partial charge in [0.25, 0.3) is 5.91 Å². The number of hydrogen-bond donors (Lipinski definition) is 2. The molecule has 7 heteroatoms. The fourth-order valence-electron chi connectivity index (χ4n) is 2.70. The Morgan fingerprint density at radius 2 is 2.32 bits per heavy atom. The van der Waals surface area contributed by atoms with Crippen molar-refractivity contribution in [3.63, 3.8) is 0 Å². The van der Waals surface area contributed by atoms with E-state index in [2.05, 4.69) is 10.1 Å². The number of rotatable bonds is 3. The first kappa shape index (κ1) is 14.5. The number of hydrogen-bond acceptors (Lipinski definition) is 6. The van der Waals surface area contributed by atoms with Crippen LogP contribution in [-0.2, 0) is 6.42 Å². The molecular weight excluding hydrogens is 286 g/mol. The van der Waals surface area contributed by atoms with Gasteiger partial charge in [-0.15, -0.1) is 0 Å². The van der Waals surface area contributed by atoms with Crippen molar-refractivity contribution in [2.75, 3.05) is 13.1 Å². The maximum Gasteiger partial charge on any atom is 0.276 e. The number of aromatic nitrogens is 2. The third kappa shape index (κ3) is 2.80. The van der Waals surface area contributed by atoms with Crippen LogP contribution in [0.2, 0.25) is 0 Å². The fourth-order valence-corrected chi connectivity index (χ4v) is 2.70. The lowest BCUT2D eigenvalue weighted by atomic mass is 10.0. The zero-order valence-electron chi connectivity index (χ0n) is 12.1. The summed E-state index contributed by atoms with van der Waals surface area (Å²) >= 11 is 0. The summed E-state index contributed by atoms with van der Waals surface area (Å²) in [5, 5.41) is 23.7. The van der Waals surface area contributed by atoms with E-state index in [0.29, 0.717) is 18.7 Å². The maximum absolute atomic E-state index is 12.4. The quantitative estimate of drug-likeness (QED) is 0.868. The predicted molar refractivity (Wildman–Crippen MR) is 76.2 cm³/mol. The fraction of sp³-hybridized carbons (Fsp3) is 0.400. The van der Waals surface area contributed by atoms with Crippen molar-refractivity contribution in [3.8, 4) is 5.75 Å². The van der Waals surface area contributed by atoms with Gasteiger partial charge in [0, 0.05) is 37.7 Å². The van der Waals surface area contributed by atoms with Crippen molar-refractivity contribution >= 4 is 5.91 Å². The predicted octanol–water partition coefficient (Wildman–Crippen LogP) is 0.759. The third-order valence-corrected chi connectivity index (χ3v) is 3.82. The lowest BCUT2D eigenvalue weighted by Crippen LogP contribution is -2.30. The van der Waals surface area contributed by atoms with Gasteiger partial charge in [0.2, 0.25) is 0 Å². The highest BCUT2D eigenvalue weighted by Gasteiger charge is 2.36. The maximum atomic E-state index is 12.4. The summed E-state index contributed by atoms with van der Waals surface area (Å²) in [5.74, 6) is 0.0309. The van der Waals surface area contributed by atoms with Gasteiger partial charge in [-0.2, -0.15) is 0 Å². The van der Waals surface area contributed by atoms with Gasteiger partial charge in [-0.25, -0.2) is 4.98 Å². The number of nitrogens with zero attached hydrogens (tertiary/aromatic N) is 3. The summed E-state index contributed by atoms with van der Waals surface area (Å²) < 4.78 is 5.16. The van der Waals surface area contributed by atoms with Gasteiger partial charge in [0.1, 0.15) is 11.5 Å². The number of aliphatic hydroxyl groups excluding tert-OH is 1. The molecule has 0 aromatic carbocycles. The summed E-state index contributed by atoms with van der Waals surface area (Å²) in [5.41, 5.74) is 0.791. The number of amides is 1. The van der Waals surface area contributed by atoms with E-state index >= 15 is 0 Å². The minimum Gasteiger partial charge on any atom is -0.505 e. The van der Waals surface area contributed by atoms with E-state index in [1.54, 1.807) is 6.07 Å². The number of pyridine rings is 1. The molecule has 3 heterocycles. The van der Waals surface area contributed by atoms with Gasteiger partial charge in [-0.1, -0.05) is 5.16 Å². The van der Waals surface area contributed by atoms with Gasteiger partial charge in [-0.05, 0) is 19.1 Å². The van der Waals surface area contributed by atoms with Gasteiger partial charge < -0.3 is 19.6 Å². The van der Waals surface area contributed by atoms with Crippen LogP contribution in [0.1, 0.15) is 21.9 Å². The van der Waals surface area contributed by atoms with Crippen LogP contribution in [0, 0.1) is 12.8 Å². The molecule has 1 aliphatic heterocycles. The molecule has 0 bridgehead atoms. The van der Waals surface area contributed by atoms with Crippen molar-refractivity contribution in [2.45, 2.75) is 19.4 Å². The van der Waals surface area contributed by atoms with Gasteiger partial charge in [0.15, 0.2) is 5.69 Å². The Morgan fingerprint density at radius 1 is 1.50 bits per heavy atom. The summed E-state index contributed by atoms with van der Waals surface area (Å²) in [7, 11) is 0. The summed E-state index contributed by atoms with van der Waals surface area (Å²) in [6, 6.07) is 4.79. The number of aromatic hydroxyl groups is 1. The molecule has 2 aromatic rings. The first-order chi connectivity index (χ1) is 10.5. The highest BCUT2D eigenvalue weighted by Crippen LogP contribution is 2.25. The Bertz CT molecular complexity index is 685. The number of likely N-dealkylation sites (tertiary alicyclic amines) is 1. The molecule has 116 valence electrons. The van der Waals surface area contributed by atoms with Crippen LogP contribution in [0.3, 0.4) is 0 Å². The van der Waals surface area contributed by atoms with Crippen LogP contribution in [0.4, 0.5) is 0 Å². The molecule has 2 aromatic heterocycles. The minimum atomic E-state index is -0.639. The van der Waals surface area contributed by atoms with Crippen molar-refractivity contribution in [1.29, 1.82) is 0 Å². The second-order valence-electron chi connectivity index (χ2n) is 5.55. The standard InChI is InChI=1S/C15H17N3O4/c1-9-5-11(22-17-9)6-10-7-18(8-13(10)20)15(21)14-12(19)3-2-4-16-14/h2-5,10,13,19-20H,6-8H2,1H3/t10-,13-/m1/s1. The number of aliphatic hydroxyl groups is 1. The molecule has 0 aliphatic carbocycles. The summed E-state index contributed by atoms with van der Waals surface area (Å²) in [6.07, 6.45) is 1.33. The van der Waals surface area contributed by atoms with Gasteiger partial charge in [-0.3, -0.25) is 4.79 Å². The van der Waals surface area contributed by atoms with Crippen LogP contribution in [0.15, 0.2) is 28.9 Å². The molecule has 1 fully saturated rings. The van der Waals surface area contributed by atoms with Crippen LogP contribution in [0.25, 0.3) is 0 Å². The second kappa shape index (κ2) is 5.76. The first-order valence-electron chi connectivity index (χ1n) is 7.08. The molecule has 1 amide bonds. The van der Waals surface area contributed by atoms with E-state index in [0.717, 1.165) is 5.69 Å². The van der Waals surface area contributed by atoms with E-state index in [-0.39, 0.29) is 29.8 Å². The normalized spacial score (nSPS) is 21.3. The number of aryl methyl sites for hydroxylation is 1. The molecular formula is C15H17N3O4. The largest absolute Gasteiger partial charge is 0.505 e. The highest BCUT2D eigenvalue weighted by atomic mass is 16.5. The van der Waals surface area contributed by atoms with E-state index < -0.39 is 6.10 Å². The lowest BCUT2D eigenvalue weighted by molar-refractivity contribution is 0.0755. The van der Waals surface area contributed by atoms with Crippen LogP contribution in [0.5, 0.6) is 5.75 Å². The molecule has 0 radical (unpaired) electrons. The highest BCUT2D eigenvalue weighted by molar-refractivity contribution is 5.95. The summed E-state index contributed by atoms with van der Waals surface area (Å²) in [4.78, 5) is 17.8. The van der Waals surface area contributed by atoms with Crippen LogP contribution in [-0.4, -0.2) is 50.4 Å². The van der Waals surface area contributed by atoms with Crippen molar-refractivity contribution in [1.82, 2.24) is 15.0 Å². The van der Waals surface area contributed by atoms with Crippen molar-refractivity contribution in [3.05, 3.63) is 41.5 Å². The number of β-amino-alcohol motifs (C(OH)–C–C–N with tert-alkyl or cyclic N) is 1. The van der Waals surface area contributed by atoms with Crippen molar-refractivity contribution in [2.24, 2.45) is 5.92 Å². The van der Waals surface area contributed by atoms with E-state index in [9.17, 15) is 15.0 Å². The molecule has 2 atom stereocenters. The van der Waals surface area contributed by atoms with E-state index in [1.807, 2.05) is 13.0 Å². The minimum absolute atomic E-state index is 0.00543. The van der Waals surface area contributed by atoms with Crippen LogP contribution >= 0.6 is 0 Å². The molecule has 7 nitrogen and oxygen atoms in total. The Hall–Kier alpha value is -2.41. The topological polar surface area (TPSA) is 99.7 Å². The Labute approximate surface area is 127 Å². The number of carbonyl (C=O) groups is 1. The first-order valence-corrected chi connectivity index (χ1v) is 7.08. The number of carbonyl (C=O) groups excluding carboxylic acids is 1. The third-order valence-electron chi connectivity index (χ3n) is 3.82. The molecule has 3 rings (SSSR count). The zero-order chi connectivity index (χ0) is 15.7. The lowest BCUT2D eigenvalue weighted by Gasteiger charge is -2.15. The molecule has 0 spiro atoms.